The van der Waals surface area contributed by atoms with E-state index in [0.717, 1.165) is 51.5 Å². The molecule has 100 valence electrons. The highest BCUT2D eigenvalue weighted by Gasteiger charge is 2.35. The molecular weight excluding hydrogens is 236 g/mol. The molecule has 17 heavy (non-hydrogen) atoms. The average molecular weight is 260 g/mol. The zero-order valence-electron chi connectivity index (χ0n) is 10.5. The van der Waals surface area contributed by atoms with E-state index >= 15 is 0 Å². The van der Waals surface area contributed by atoms with Gasteiger partial charge in [0.2, 0.25) is 10.0 Å². The number of nitrogens with zero attached hydrogens (tertiary/aromatic N) is 1. The summed E-state index contributed by atoms with van der Waals surface area (Å²) >= 11 is 0. The molecule has 2 rings (SSSR count). The minimum atomic E-state index is -3.00. The number of hydrogen-bond acceptors (Lipinski definition) is 3. The van der Waals surface area contributed by atoms with Gasteiger partial charge in [-0.1, -0.05) is 12.8 Å². The van der Waals surface area contributed by atoms with E-state index in [1.54, 1.807) is 4.31 Å². The van der Waals surface area contributed by atoms with E-state index in [0.29, 0.717) is 19.0 Å². The Labute approximate surface area is 105 Å². The number of sulfonamides is 1. The van der Waals surface area contributed by atoms with Crippen molar-refractivity contribution >= 4 is 10.0 Å². The van der Waals surface area contributed by atoms with Crippen molar-refractivity contribution < 1.29 is 8.42 Å². The van der Waals surface area contributed by atoms with Crippen LogP contribution in [0.15, 0.2) is 0 Å². The van der Waals surface area contributed by atoms with Crippen molar-refractivity contribution in [3.63, 3.8) is 0 Å². The summed E-state index contributed by atoms with van der Waals surface area (Å²) in [7, 11) is -3.00. The first-order chi connectivity index (χ1) is 8.14. The third-order valence-corrected chi connectivity index (χ3v) is 6.63. The lowest BCUT2D eigenvalue weighted by Crippen LogP contribution is -2.43. The molecule has 2 aliphatic rings. The molecule has 0 aromatic rings. The van der Waals surface area contributed by atoms with Crippen LogP contribution in [0.25, 0.3) is 0 Å². The van der Waals surface area contributed by atoms with Crippen molar-refractivity contribution in [2.75, 3.05) is 19.6 Å². The molecule has 4 nitrogen and oxygen atoms in total. The fourth-order valence-electron chi connectivity index (χ4n) is 3.09. The Morgan fingerprint density at radius 1 is 1.06 bits per heavy atom. The maximum absolute atomic E-state index is 12.4. The van der Waals surface area contributed by atoms with Crippen LogP contribution in [-0.4, -0.2) is 37.6 Å². The van der Waals surface area contributed by atoms with E-state index in [-0.39, 0.29) is 5.25 Å². The molecule has 2 N–H and O–H groups in total. The summed E-state index contributed by atoms with van der Waals surface area (Å²) in [5.41, 5.74) is 5.55. The fraction of sp³-hybridized carbons (Fsp3) is 1.00. The van der Waals surface area contributed by atoms with Crippen LogP contribution in [0, 0.1) is 5.92 Å². The fourth-order valence-corrected chi connectivity index (χ4v) is 5.16. The minimum absolute atomic E-state index is 0.0893. The number of hydrogen-bond donors (Lipinski definition) is 1. The van der Waals surface area contributed by atoms with Gasteiger partial charge >= 0.3 is 0 Å². The molecule has 1 saturated carbocycles. The Hall–Kier alpha value is -0.130. The lowest BCUT2D eigenvalue weighted by atomic mass is 9.95. The van der Waals surface area contributed by atoms with Gasteiger partial charge in [-0.15, -0.1) is 0 Å². The van der Waals surface area contributed by atoms with Crippen LogP contribution >= 0.6 is 0 Å². The maximum atomic E-state index is 12.4. The van der Waals surface area contributed by atoms with Gasteiger partial charge < -0.3 is 5.73 Å². The van der Waals surface area contributed by atoms with Gasteiger partial charge in [-0.3, -0.25) is 0 Å². The van der Waals surface area contributed by atoms with Crippen LogP contribution in [0.1, 0.15) is 44.9 Å². The lowest BCUT2D eigenvalue weighted by molar-refractivity contribution is 0.263. The summed E-state index contributed by atoms with van der Waals surface area (Å²) in [5.74, 6) is 0.634. The molecule has 0 amide bonds. The minimum Gasteiger partial charge on any atom is -0.330 e. The zero-order valence-corrected chi connectivity index (χ0v) is 11.3. The Morgan fingerprint density at radius 3 is 2.18 bits per heavy atom. The summed E-state index contributed by atoms with van der Waals surface area (Å²) in [6, 6.07) is 0. The quantitative estimate of drug-likeness (QED) is 0.829. The molecule has 2 fully saturated rings. The second kappa shape index (κ2) is 5.67. The first-order valence-corrected chi connectivity index (χ1v) is 8.34. The van der Waals surface area contributed by atoms with Crippen molar-refractivity contribution in [3.05, 3.63) is 0 Å². The van der Waals surface area contributed by atoms with Crippen molar-refractivity contribution in [3.8, 4) is 0 Å². The molecule has 0 aromatic heterocycles. The number of rotatable bonds is 4. The second-order valence-corrected chi connectivity index (χ2v) is 7.58. The number of piperidine rings is 1. The third kappa shape index (κ3) is 3.01. The van der Waals surface area contributed by atoms with Crippen LogP contribution in [0.4, 0.5) is 0 Å². The molecule has 1 heterocycles. The van der Waals surface area contributed by atoms with E-state index in [2.05, 4.69) is 0 Å². The summed E-state index contributed by atoms with van der Waals surface area (Å²) in [6.07, 6.45) is 6.90. The van der Waals surface area contributed by atoms with Gasteiger partial charge in [-0.25, -0.2) is 12.7 Å². The monoisotopic (exact) mass is 260 g/mol. The molecule has 1 aliphatic carbocycles. The molecule has 1 aliphatic heterocycles. The molecule has 0 aromatic carbocycles. The van der Waals surface area contributed by atoms with Gasteiger partial charge in [-0.05, 0) is 44.6 Å². The van der Waals surface area contributed by atoms with E-state index < -0.39 is 10.0 Å². The molecule has 0 unspecified atom stereocenters. The molecule has 0 radical (unpaired) electrons. The van der Waals surface area contributed by atoms with Gasteiger partial charge in [0, 0.05) is 13.1 Å². The highest BCUT2D eigenvalue weighted by atomic mass is 32.2. The van der Waals surface area contributed by atoms with Gasteiger partial charge in [0.15, 0.2) is 0 Å². The molecule has 0 bridgehead atoms. The van der Waals surface area contributed by atoms with Crippen LogP contribution in [0.3, 0.4) is 0 Å². The van der Waals surface area contributed by atoms with Crippen molar-refractivity contribution in [1.82, 2.24) is 4.31 Å². The summed E-state index contributed by atoms with van der Waals surface area (Å²) in [5, 5.41) is -0.0893. The van der Waals surface area contributed by atoms with E-state index in [1.807, 2.05) is 0 Å². The van der Waals surface area contributed by atoms with Crippen molar-refractivity contribution in [1.29, 1.82) is 0 Å². The Balaban J connectivity index is 1.91. The zero-order chi connectivity index (χ0) is 12.3. The summed E-state index contributed by atoms with van der Waals surface area (Å²) in [6.45, 7) is 2.15. The molecular formula is C12H24N2O2S. The number of nitrogens with two attached hydrogens (primary N) is 1. The van der Waals surface area contributed by atoms with Gasteiger partial charge in [0.1, 0.15) is 0 Å². The lowest BCUT2D eigenvalue weighted by Gasteiger charge is -2.32. The van der Waals surface area contributed by atoms with Gasteiger partial charge in [0.05, 0.1) is 5.25 Å². The molecule has 0 atom stereocenters. The summed E-state index contributed by atoms with van der Waals surface area (Å²) < 4.78 is 26.4. The SMILES string of the molecule is NCCC1CCN(S(=O)(=O)C2CCCC2)CC1. The van der Waals surface area contributed by atoms with Gasteiger partial charge in [-0.2, -0.15) is 0 Å². The Kier molecular flexibility index (Phi) is 4.44. The van der Waals surface area contributed by atoms with E-state index in [4.69, 9.17) is 5.73 Å². The highest BCUT2D eigenvalue weighted by Crippen LogP contribution is 2.30. The smallest absolute Gasteiger partial charge is 0.216 e. The average Bonchev–Trinajstić information content (AvgIpc) is 2.84. The van der Waals surface area contributed by atoms with Crippen LogP contribution in [0.5, 0.6) is 0 Å². The standard InChI is InChI=1S/C12H24N2O2S/c13-8-5-11-6-9-14(10-7-11)17(15,16)12-3-1-2-4-12/h11-12H,1-10,13H2. The maximum Gasteiger partial charge on any atom is 0.216 e. The first-order valence-electron chi connectivity index (χ1n) is 6.83. The molecule has 5 heteroatoms. The van der Waals surface area contributed by atoms with Crippen molar-refractivity contribution in [2.24, 2.45) is 11.7 Å². The second-order valence-electron chi connectivity index (χ2n) is 5.37. The Bertz CT molecular complexity index is 328. The first kappa shape index (κ1) is 13.3. The van der Waals surface area contributed by atoms with Crippen LogP contribution in [-0.2, 0) is 10.0 Å². The largest absolute Gasteiger partial charge is 0.330 e. The normalized spacial score (nSPS) is 25.5. The van der Waals surface area contributed by atoms with Crippen LogP contribution in [0.2, 0.25) is 0 Å². The van der Waals surface area contributed by atoms with E-state index in [9.17, 15) is 8.42 Å². The molecule has 1 saturated heterocycles. The van der Waals surface area contributed by atoms with Gasteiger partial charge in [0.25, 0.3) is 0 Å². The molecule has 0 spiro atoms. The topological polar surface area (TPSA) is 63.4 Å². The Morgan fingerprint density at radius 2 is 1.65 bits per heavy atom. The van der Waals surface area contributed by atoms with E-state index in [1.165, 1.54) is 0 Å². The summed E-state index contributed by atoms with van der Waals surface area (Å²) in [4.78, 5) is 0. The highest BCUT2D eigenvalue weighted by molar-refractivity contribution is 7.89. The van der Waals surface area contributed by atoms with Crippen LogP contribution < -0.4 is 5.73 Å². The third-order valence-electron chi connectivity index (χ3n) is 4.23. The predicted molar refractivity (Wildman–Crippen MR) is 69.1 cm³/mol. The van der Waals surface area contributed by atoms with Crippen molar-refractivity contribution in [2.45, 2.75) is 50.2 Å². The predicted octanol–water partition coefficient (Wildman–Crippen LogP) is 1.32.